The summed E-state index contributed by atoms with van der Waals surface area (Å²) in [4.78, 5) is 13.9. The lowest BCUT2D eigenvalue weighted by Gasteiger charge is -2.21. The molecular weight excluding hydrogens is 358 g/mol. The molecule has 9 heteroatoms. The molecule has 1 N–H and O–H groups in total. The molecule has 8 nitrogen and oxygen atoms in total. The van der Waals surface area contributed by atoms with Gasteiger partial charge in [0.1, 0.15) is 11.8 Å². The summed E-state index contributed by atoms with van der Waals surface area (Å²) in [5.74, 6) is 0.761. The maximum absolute atomic E-state index is 11.9. The number of likely N-dealkylation sites (tertiary alicyclic amines) is 1. The number of methoxy groups -OCH3 is 1. The Morgan fingerprint density at radius 3 is 2.81 bits per heavy atom. The summed E-state index contributed by atoms with van der Waals surface area (Å²) >= 11 is 5.24. The molecule has 2 atom stereocenters. The topological polar surface area (TPSA) is 90.0 Å². The summed E-state index contributed by atoms with van der Waals surface area (Å²) in [5.41, 5.74) is 0.768. The second-order valence-corrected chi connectivity index (χ2v) is 6.32. The highest BCUT2D eigenvalue weighted by atomic mass is 32.1. The van der Waals surface area contributed by atoms with Gasteiger partial charge in [-0.25, -0.2) is 4.68 Å². The van der Waals surface area contributed by atoms with Crippen LogP contribution < -0.4 is 4.74 Å². The Morgan fingerprint density at radius 2 is 2.15 bits per heavy atom. The van der Waals surface area contributed by atoms with E-state index < -0.39 is 12.1 Å². The number of benzene rings is 1. The maximum Gasteiger partial charge on any atom is 0.323 e. The Hall–Kier alpha value is -2.23. The molecule has 3 rings (SSSR count). The van der Waals surface area contributed by atoms with Gasteiger partial charge < -0.3 is 19.0 Å². The van der Waals surface area contributed by atoms with Gasteiger partial charge in [0.25, 0.3) is 4.84 Å². The van der Waals surface area contributed by atoms with Crippen LogP contribution in [-0.4, -0.2) is 58.2 Å². The van der Waals surface area contributed by atoms with Gasteiger partial charge in [-0.05, 0) is 43.4 Å². The molecule has 140 valence electrons. The fourth-order valence-corrected chi connectivity index (χ4v) is 3.14. The van der Waals surface area contributed by atoms with Crippen molar-refractivity contribution in [3.63, 3.8) is 0 Å². The van der Waals surface area contributed by atoms with Crippen LogP contribution in [0.25, 0.3) is 11.5 Å². The summed E-state index contributed by atoms with van der Waals surface area (Å²) < 4.78 is 17.3. The summed E-state index contributed by atoms with van der Waals surface area (Å²) in [7, 11) is 1.33. The minimum atomic E-state index is -0.592. The molecule has 0 bridgehead atoms. The molecule has 0 radical (unpaired) electrons. The van der Waals surface area contributed by atoms with Crippen LogP contribution in [0.5, 0.6) is 5.75 Å². The maximum atomic E-state index is 11.9. The second kappa shape index (κ2) is 7.98. The van der Waals surface area contributed by atoms with E-state index in [1.165, 1.54) is 11.8 Å². The molecule has 1 fully saturated rings. The van der Waals surface area contributed by atoms with Crippen molar-refractivity contribution in [1.82, 2.24) is 14.7 Å². The van der Waals surface area contributed by atoms with Crippen molar-refractivity contribution in [3.8, 4) is 17.2 Å². The smallest absolute Gasteiger partial charge is 0.323 e. The third kappa shape index (κ3) is 3.95. The number of aromatic nitrogens is 2. The van der Waals surface area contributed by atoms with Gasteiger partial charge in [-0.15, -0.1) is 5.10 Å². The van der Waals surface area contributed by atoms with Crippen LogP contribution in [0.2, 0.25) is 0 Å². The number of esters is 1. The van der Waals surface area contributed by atoms with E-state index in [1.54, 1.807) is 4.90 Å². The second-order valence-electron chi connectivity index (χ2n) is 5.97. The average Bonchev–Trinajstić information content (AvgIpc) is 3.18. The van der Waals surface area contributed by atoms with E-state index in [0.717, 1.165) is 11.3 Å². The Balaban J connectivity index is 1.78. The van der Waals surface area contributed by atoms with Crippen LogP contribution in [0.3, 0.4) is 0 Å². The van der Waals surface area contributed by atoms with Crippen LogP contribution in [0.15, 0.2) is 28.7 Å². The molecule has 0 spiro atoms. The van der Waals surface area contributed by atoms with E-state index in [2.05, 4.69) is 5.10 Å². The zero-order valence-electron chi connectivity index (χ0n) is 14.6. The molecular formula is C17H21N3O5S. The predicted octanol–water partition coefficient (Wildman–Crippen LogP) is 1.84. The summed E-state index contributed by atoms with van der Waals surface area (Å²) in [6, 6.07) is 6.82. The van der Waals surface area contributed by atoms with Gasteiger partial charge in [-0.2, -0.15) is 0 Å². The third-order valence-corrected chi connectivity index (χ3v) is 4.48. The zero-order valence-corrected chi connectivity index (χ0v) is 15.4. The summed E-state index contributed by atoms with van der Waals surface area (Å²) in [5, 5.41) is 14.3. The number of carbonyl (C=O) groups is 1. The zero-order chi connectivity index (χ0) is 18.7. The van der Waals surface area contributed by atoms with Crippen LogP contribution in [0.4, 0.5) is 0 Å². The molecule has 1 saturated heterocycles. The standard InChI is InChI=1S/C17H21N3O5S/c1-3-24-13-6-4-11(5-7-13)15-18-20(17(26)25-15)10-19-9-12(21)8-14(19)16(22)23-2/h4-7,12,14,21H,3,8-10H2,1-2H3/t12-,14+/m1/s1. The van der Waals surface area contributed by atoms with Gasteiger partial charge in [0.05, 0.1) is 26.5 Å². The lowest BCUT2D eigenvalue weighted by atomic mass is 10.2. The van der Waals surface area contributed by atoms with Gasteiger partial charge >= 0.3 is 5.97 Å². The first-order valence-corrected chi connectivity index (χ1v) is 8.73. The number of β-amino-alcohol motifs (C(OH)–C–C–N with tert-alkyl or cyclic N) is 1. The first-order chi connectivity index (χ1) is 12.5. The molecule has 2 heterocycles. The summed E-state index contributed by atoms with van der Waals surface area (Å²) in [6.07, 6.45) is -0.269. The minimum Gasteiger partial charge on any atom is -0.494 e. The number of ether oxygens (including phenoxy) is 2. The molecule has 1 aliphatic rings. The lowest BCUT2D eigenvalue weighted by molar-refractivity contribution is -0.146. The largest absolute Gasteiger partial charge is 0.494 e. The van der Waals surface area contributed by atoms with E-state index in [1.807, 2.05) is 31.2 Å². The van der Waals surface area contributed by atoms with E-state index >= 15 is 0 Å². The minimum absolute atomic E-state index is 0.193. The van der Waals surface area contributed by atoms with Crippen LogP contribution in [0.1, 0.15) is 13.3 Å². The first kappa shape index (κ1) is 18.6. The van der Waals surface area contributed by atoms with Gasteiger partial charge in [0.2, 0.25) is 5.89 Å². The summed E-state index contributed by atoms with van der Waals surface area (Å²) in [6.45, 7) is 3.09. The molecule has 26 heavy (non-hydrogen) atoms. The molecule has 1 aromatic heterocycles. The van der Waals surface area contributed by atoms with Crippen molar-refractivity contribution in [3.05, 3.63) is 29.1 Å². The van der Waals surface area contributed by atoms with E-state index in [-0.39, 0.29) is 17.5 Å². The highest BCUT2D eigenvalue weighted by molar-refractivity contribution is 7.71. The number of hydrogen-bond acceptors (Lipinski definition) is 8. The van der Waals surface area contributed by atoms with Crippen LogP contribution >= 0.6 is 12.2 Å². The van der Waals surface area contributed by atoms with Crippen molar-refractivity contribution in [2.45, 2.75) is 32.2 Å². The van der Waals surface area contributed by atoms with Crippen molar-refractivity contribution < 1.29 is 23.8 Å². The van der Waals surface area contributed by atoms with Gasteiger partial charge in [-0.1, -0.05) is 0 Å². The fourth-order valence-electron chi connectivity index (χ4n) is 2.96. The number of carbonyl (C=O) groups excluding carboxylic acids is 1. The van der Waals surface area contributed by atoms with E-state index in [0.29, 0.717) is 25.5 Å². The molecule has 1 aliphatic heterocycles. The average molecular weight is 379 g/mol. The first-order valence-electron chi connectivity index (χ1n) is 8.33. The number of nitrogens with zero attached hydrogens (tertiary/aromatic N) is 3. The molecule has 0 aliphatic carbocycles. The van der Waals surface area contributed by atoms with Crippen molar-refractivity contribution in [2.24, 2.45) is 0 Å². The number of rotatable bonds is 6. The van der Waals surface area contributed by atoms with E-state index in [9.17, 15) is 9.90 Å². The van der Waals surface area contributed by atoms with Crippen LogP contribution in [-0.2, 0) is 16.2 Å². The number of aliphatic hydroxyl groups excluding tert-OH is 1. The Labute approximate surface area is 155 Å². The normalized spacial score (nSPS) is 20.3. The van der Waals surface area contributed by atoms with Crippen LogP contribution in [0, 0.1) is 4.84 Å². The highest BCUT2D eigenvalue weighted by Crippen LogP contribution is 2.23. The predicted molar refractivity (Wildman–Crippen MR) is 95.1 cm³/mol. The van der Waals surface area contributed by atoms with Crippen molar-refractivity contribution >= 4 is 18.2 Å². The molecule has 0 amide bonds. The quantitative estimate of drug-likeness (QED) is 0.601. The van der Waals surface area contributed by atoms with Gasteiger partial charge in [-0.3, -0.25) is 9.69 Å². The number of hydrogen-bond donors (Lipinski definition) is 1. The highest BCUT2D eigenvalue weighted by Gasteiger charge is 2.37. The van der Waals surface area contributed by atoms with Crippen molar-refractivity contribution in [1.29, 1.82) is 0 Å². The number of aliphatic hydroxyl groups is 1. The Morgan fingerprint density at radius 1 is 1.42 bits per heavy atom. The Bertz CT molecular complexity index is 817. The van der Waals surface area contributed by atoms with Gasteiger partial charge in [0.15, 0.2) is 0 Å². The SMILES string of the molecule is CCOc1ccc(-c2nn(CN3C[C@H](O)C[C@H]3C(=O)OC)c(=S)o2)cc1. The van der Waals surface area contributed by atoms with Crippen molar-refractivity contribution in [2.75, 3.05) is 20.3 Å². The molecule has 0 saturated carbocycles. The Kier molecular flexibility index (Phi) is 5.70. The lowest BCUT2D eigenvalue weighted by Crippen LogP contribution is -2.38. The molecule has 1 aromatic carbocycles. The van der Waals surface area contributed by atoms with E-state index in [4.69, 9.17) is 26.1 Å². The molecule has 2 aromatic rings. The monoisotopic (exact) mass is 379 g/mol. The third-order valence-electron chi connectivity index (χ3n) is 4.19. The fraction of sp³-hybridized carbons (Fsp3) is 0.471. The molecule has 0 unspecified atom stereocenters. The van der Waals surface area contributed by atoms with Gasteiger partial charge in [0, 0.05) is 18.5 Å².